The van der Waals surface area contributed by atoms with Gasteiger partial charge in [-0.2, -0.15) is 23.0 Å². The molecular formula is C21H21ClF3N3O3. The standard InChI is InChI=1S/C21H21ClF3N3O3/c1-12(29)19-4-5-28(26-19)20(30)27-9-13-7-17(8-14(13)10-27)31-11-15-6-16(21(23,24)25)2-3-18(15)22/h2-6,13-14,17H,7-11H2,1H3/t13-,14+,17+. The van der Waals surface area contributed by atoms with Crippen LogP contribution < -0.4 is 0 Å². The summed E-state index contributed by atoms with van der Waals surface area (Å²) in [5.74, 6) is 0.313. The molecule has 0 unspecified atom stereocenters. The number of rotatable bonds is 4. The summed E-state index contributed by atoms with van der Waals surface area (Å²) in [6.45, 7) is 2.52. The molecule has 2 heterocycles. The Morgan fingerprint density at radius 2 is 1.87 bits per heavy atom. The molecule has 1 saturated carbocycles. The van der Waals surface area contributed by atoms with Gasteiger partial charge in [-0.25, -0.2) is 4.79 Å². The fourth-order valence-electron chi connectivity index (χ4n) is 4.37. The van der Waals surface area contributed by atoms with E-state index in [0.717, 1.165) is 25.0 Å². The van der Waals surface area contributed by atoms with Crippen LogP contribution in [0.3, 0.4) is 0 Å². The van der Waals surface area contributed by atoms with E-state index in [1.807, 2.05) is 0 Å². The van der Waals surface area contributed by atoms with Crippen LogP contribution in [-0.4, -0.2) is 45.7 Å². The fourth-order valence-corrected chi connectivity index (χ4v) is 4.54. The van der Waals surface area contributed by atoms with Crippen LogP contribution in [0.4, 0.5) is 18.0 Å². The van der Waals surface area contributed by atoms with Crippen LogP contribution >= 0.6 is 11.6 Å². The van der Waals surface area contributed by atoms with E-state index >= 15 is 0 Å². The Bertz CT molecular complexity index is 993. The van der Waals surface area contributed by atoms with Gasteiger partial charge in [0.2, 0.25) is 0 Å². The molecule has 3 atom stereocenters. The van der Waals surface area contributed by atoms with Gasteiger partial charge in [0.15, 0.2) is 5.78 Å². The molecule has 1 aromatic heterocycles. The first-order chi connectivity index (χ1) is 14.6. The molecule has 0 spiro atoms. The summed E-state index contributed by atoms with van der Waals surface area (Å²) >= 11 is 6.04. The lowest BCUT2D eigenvalue weighted by Crippen LogP contribution is -2.34. The topological polar surface area (TPSA) is 64.4 Å². The van der Waals surface area contributed by atoms with Gasteiger partial charge in [0.25, 0.3) is 0 Å². The average Bonchev–Trinajstić information content (AvgIpc) is 3.40. The van der Waals surface area contributed by atoms with Crippen molar-refractivity contribution in [3.8, 4) is 0 Å². The Labute approximate surface area is 181 Å². The number of ether oxygens (including phenoxy) is 1. The number of halogens is 4. The van der Waals surface area contributed by atoms with Crippen molar-refractivity contribution in [3.63, 3.8) is 0 Å². The molecule has 0 bridgehead atoms. The summed E-state index contributed by atoms with van der Waals surface area (Å²) in [5, 5.41) is 4.26. The zero-order valence-electron chi connectivity index (χ0n) is 16.7. The average molecular weight is 456 g/mol. The van der Waals surface area contributed by atoms with Crippen LogP contribution in [0.15, 0.2) is 30.5 Å². The van der Waals surface area contributed by atoms with Crippen molar-refractivity contribution in [1.29, 1.82) is 0 Å². The number of Topliss-reactive ketones (excluding diaryl/α,β-unsaturated/α-hetero) is 1. The van der Waals surface area contributed by atoms with Crippen molar-refractivity contribution in [1.82, 2.24) is 14.7 Å². The molecule has 10 heteroatoms. The number of fused-ring (bicyclic) bond motifs is 1. The van der Waals surface area contributed by atoms with Crippen molar-refractivity contribution in [2.45, 2.75) is 38.7 Å². The first-order valence-corrected chi connectivity index (χ1v) is 10.3. The molecule has 2 fully saturated rings. The fraction of sp³-hybridized carbons (Fsp3) is 0.476. The highest BCUT2D eigenvalue weighted by atomic mass is 35.5. The van der Waals surface area contributed by atoms with Crippen molar-refractivity contribution in [2.24, 2.45) is 11.8 Å². The molecule has 1 aliphatic heterocycles. The van der Waals surface area contributed by atoms with Gasteiger partial charge >= 0.3 is 12.2 Å². The summed E-state index contributed by atoms with van der Waals surface area (Å²) in [6.07, 6.45) is -1.59. The number of likely N-dealkylation sites (tertiary alicyclic amines) is 1. The zero-order valence-corrected chi connectivity index (χ0v) is 17.5. The SMILES string of the molecule is CC(=O)c1ccn(C(=O)N2C[C@H]3C[C@H](OCc4cc(C(F)(F)F)ccc4Cl)C[C@H]3C2)n1. The van der Waals surface area contributed by atoms with Crippen molar-refractivity contribution in [3.05, 3.63) is 52.3 Å². The summed E-state index contributed by atoms with van der Waals surface area (Å²) in [5.41, 5.74) is -0.195. The number of benzene rings is 1. The lowest BCUT2D eigenvalue weighted by Gasteiger charge is -2.19. The summed E-state index contributed by atoms with van der Waals surface area (Å²) in [7, 11) is 0. The molecule has 0 N–H and O–H groups in total. The second-order valence-corrected chi connectivity index (χ2v) is 8.53. The minimum Gasteiger partial charge on any atom is -0.373 e. The number of amides is 1. The Kier molecular flexibility index (Phi) is 5.83. The van der Waals surface area contributed by atoms with Crippen molar-refractivity contribution < 1.29 is 27.5 Å². The van der Waals surface area contributed by atoms with Crippen LogP contribution in [0.1, 0.15) is 41.4 Å². The Balaban J connectivity index is 1.32. The summed E-state index contributed by atoms with van der Waals surface area (Å²) in [4.78, 5) is 25.7. The highest BCUT2D eigenvalue weighted by molar-refractivity contribution is 6.31. The van der Waals surface area contributed by atoms with Gasteiger partial charge in [-0.05, 0) is 54.5 Å². The summed E-state index contributed by atoms with van der Waals surface area (Å²) < 4.78 is 45.8. The third kappa shape index (κ3) is 4.62. The molecule has 4 rings (SSSR count). The first kappa shape index (κ1) is 21.8. The molecule has 1 saturated heterocycles. The molecule has 2 aromatic rings. The number of ketones is 1. The number of alkyl halides is 3. The number of nitrogens with zero attached hydrogens (tertiary/aromatic N) is 3. The van der Waals surface area contributed by atoms with Crippen LogP contribution in [-0.2, 0) is 17.5 Å². The van der Waals surface area contributed by atoms with Gasteiger partial charge in [0, 0.05) is 31.2 Å². The minimum atomic E-state index is -4.43. The smallest absolute Gasteiger partial charge is 0.373 e. The monoisotopic (exact) mass is 455 g/mol. The lowest BCUT2D eigenvalue weighted by molar-refractivity contribution is -0.137. The predicted octanol–water partition coefficient (Wildman–Crippen LogP) is 4.65. The minimum absolute atomic E-state index is 0.0105. The van der Waals surface area contributed by atoms with E-state index in [0.29, 0.717) is 18.7 Å². The van der Waals surface area contributed by atoms with Gasteiger partial charge in [-0.1, -0.05) is 11.6 Å². The zero-order chi connectivity index (χ0) is 22.3. The molecule has 31 heavy (non-hydrogen) atoms. The lowest BCUT2D eigenvalue weighted by atomic mass is 10.0. The van der Waals surface area contributed by atoms with Gasteiger partial charge < -0.3 is 9.64 Å². The van der Waals surface area contributed by atoms with Gasteiger partial charge in [0.05, 0.1) is 18.3 Å². The van der Waals surface area contributed by atoms with E-state index in [-0.39, 0.29) is 47.1 Å². The van der Waals surface area contributed by atoms with E-state index in [1.54, 1.807) is 4.90 Å². The maximum Gasteiger partial charge on any atom is 0.416 e. The van der Waals surface area contributed by atoms with E-state index in [9.17, 15) is 22.8 Å². The number of carbonyl (C=O) groups is 2. The van der Waals surface area contributed by atoms with Crippen molar-refractivity contribution >= 4 is 23.4 Å². The number of hydrogen-bond donors (Lipinski definition) is 0. The molecule has 166 valence electrons. The number of aromatic nitrogens is 2. The third-order valence-corrected chi connectivity index (χ3v) is 6.34. The van der Waals surface area contributed by atoms with E-state index in [4.69, 9.17) is 16.3 Å². The van der Waals surface area contributed by atoms with E-state index in [2.05, 4.69) is 5.10 Å². The molecule has 1 amide bonds. The number of carbonyl (C=O) groups excluding carboxylic acids is 2. The molecule has 2 aliphatic rings. The molecule has 1 aromatic carbocycles. The Morgan fingerprint density at radius 3 is 2.45 bits per heavy atom. The predicted molar refractivity (Wildman–Crippen MR) is 106 cm³/mol. The van der Waals surface area contributed by atoms with Gasteiger partial charge in [-0.15, -0.1) is 0 Å². The normalized spacial score (nSPS) is 23.3. The molecule has 0 radical (unpaired) electrons. The van der Waals surface area contributed by atoms with Gasteiger partial charge in [-0.3, -0.25) is 4.79 Å². The van der Waals surface area contributed by atoms with Crippen molar-refractivity contribution in [2.75, 3.05) is 13.1 Å². The van der Waals surface area contributed by atoms with Crippen LogP contribution in [0.2, 0.25) is 5.02 Å². The highest BCUT2D eigenvalue weighted by Crippen LogP contribution is 2.40. The quantitative estimate of drug-likeness (QED) is 0.629. The van der Waals surface area contributed by atoms with Gasteiger partial charge in [0.1, 0.15) is 5.69 Å². The van der Waals surface area contributed by atoms with E-state index in [1.165, 1.54) is 29.9 Å². The highest BCUT2D eigenvalue weighted by Gasteiger charge is 2.43. The third-order valence-electron chi connectivity index (χ3n) is 5.97. The Morgan fingerprint density at radius 1 is 1.19 bits per heavy atom. The first-order valence-electron chi connectivity index (χ1n) is 9.95. The molecule has 1 aliphatic carbocycles. The summed E-state index contributed by atoms with van der Waals surface area (Å²) in [6, 6.07) is 4.46. The maximum absolute atomic E-state index is 12.9. The molecular weight excluding hydrogens is 435 g/mol. The molecule has 6 nitrogen and oxygen atoms in total. The number of hydrogen-bond acceptors (Lipinski definition) is 4. The maximum atomic E-state index is 12.9. The van der Waals surface area contributed by atoms with Crippen LogP contribution in [0, 0.1) is 11.8 Å². The van der Waals surface area contributed by atoms with E-state index < -0.39 is 11.7 Å². The van der Waals surface area contributed by atoms with Crippen LogP contribution in [0.25, 0.3) is 0 Å². The second-order valence-electron chi connectivity index (χ2n) is 8.12. The van der Waals surface area contributed by atoms with Crippen LogP contribution in [0.5, 0.6) is 0 Å². The Hall–Kier alpha value is -2.39. The second kappa shape index (κ2) is 8.27. The largest absolute Gasteiger partial charge is 0.416 e.